The van der Waals surface area contributed by atoms with Crippen LogP contribution in [-0.4, -0.2) is 83.8 Å². The first kappa shape index (κ1) is 26.7. The van der Waals surface area contributed by atoms with Gasteiger partial charge in [-0.1, -0.05) is 0 Å². The number of ether oxygens (including phenoxy) is 3. The average molecular weight is 517 g/mol. The molecule has 2 aliphatic rings. The summed E-state index contributed by atoms with van der Waals surface area (Å²) in [4.78, 5) is 28.0. The van der Waals surface area contributed by atoms with Gasteiger partial charge in [0, 0.05) is 36.4 Å². The summed E-state index contributed by atoms with van der Waals surface area (Å²) in [6.45, 7) is 1.51. The Balaban J connectivity index is 1.79. The van der Waals surface area contributed by atoms with Gasteiger partial charge in [-0.15, -0.1) is 0 Å². The molecule has 0 spiro atoms. The molecule has 0 saturated heterocycles. The predicted octanol–water partition coefficient (Wildman–Crippen LogP) is 0.468. The molecule has 2 aromatic rings. The molecule has 0 fully saturated rings. The van der Waals surface area contributed by atoms with Crippen LogP contribution in [-0.2, 0) is 27.5 Å². The molecule has 4 rings (SSSR count). The minimum atomic E-state index is -1.22. The van der Waals surface area contributed by atoms with E-state index in [2.05, 4.69) is 5.32 Å². The van der Waals surface area contributed by atoms with E-state index in [0.29, 0.717) is 34.8 Å². The van der Waals surface area contributed by atoms with Crippen molar-refractivity contribution in [1.82, 2.24) is 10.2 Å². The van der Waals surface area contributed by atoms with Crippen LogP contribution in [0.3, 0.4) is 0 Å². The summed E-state index contributed by atoms with van der Waals surface area (Å²) < 4.78 is 22.2. The van der Waals surface area contributed by atoms with Crippen LogP contribution in [0.4, 0.5) is 0 Å². The lowest BCUT2D eigenvalue weighted by Crippen LogP contribution is -2.56. The zero-order valence-corrected chi connectivity index (χ0v) is 20.8. The molecule has 1 aromatic carbocycles. The zero-order valence-electron chi connectivity index (χ0n) is 20.8. The maximum Gasteiger partial charge on any atom is 0.249 e. The molecule has 11 nitrogen and oxygen atoms in total. The van der Waals surface area contributed by atoms with E-state index >= 15 is 0 Å². The van der Waals surface area contributed by atoms with Crippen LogP contribution in [0.2, 0.25) is 0 Å². The fourth-order valence-electron chi connectivity index (χ4n) is 4.83. The predicted molar refractivity (Wildman–Crippen MR) is 130 cm³/mol. The van der Waals surface area contributed by atoms with Crippen LogP contribution in [0.5, 0.6) is 11.5 Å². The van der Waals surface area contributed by atoms with Crippen LogP contribution >= 0.6 is 0 Å². The van der Waals surface area contributed by atoms with Crippen molar-refractivity contribution in [3.8, 4) is 11.5 Å². The minimum Gasteiger partial charge on any atom is -0.493 e. The largest absolute Gasteiger partial charge is 0.493 e. The second-order valence-corrected chi connectivity index (χ2v) is 8.81. The van der Waals surface area contributed by atoms with Gasteiger partial charge in [0.05, 0.1) is 44.8 Å². The summed E-state index contributed by atoms with van der Waals surface area (Å²) in [5.41, 5.74) is 2.10. The summed E-state index contributed by atoms with van der Waals surface area (Å²) in [5.74, 6) is -0.827. The van der Waals surface area contributed by atoms with Gasteiger partial charge in [0.2, 0.25) is 11.8 Å². The van der Waals surface area contributed by atoms with Crippen molar-refractivity contribution < 1.29 is 43.5 Å². The van der Waals surface area contributed by atoms with E-state index in [1.165, 1.54) is 24.5 Å². The van der Waals surface area contributed by atoms with Crippen LogP contribution in [0.25, 0.3) is 0 Å². The maximum atomic E-state index is 13.3. The molecule has 0 radical (unpaired) electrons. The molecule has 0 saturated carbocycles. The van der Waals surface area contributed by atoms with E-state index < -0.39 is 30.1 Å². The topological polar surface area (TPSA) is 151 Å². The highest BCUT2D eigenvalue weighted by Gasteiger charge is 2.51. The van der Waals surface area contributed by atoms with Gasteiger partial charge >= 0.3 is 0 Å². The Morgan fingerprint density at radius 3 is 2.68 bits per heavy atom. The number of nitrogens with zero attached hydrogens (tertiary/aromatic N) is 1. The third-order valence-electron chi connectivity index (χ3n) is 6.54. The van der Waals surface area contributed by atoms with Crippen molar-refractivity contribution in [3.05, 3.63) is 59.1 Å². The van der Waals surface area contributed by atoms with E-state index in [-0.39, 0.29) is 44.4 Å². The van der Waals surface area contributed by atoms with E-state index in [0.717, 1.165) is 0 Å². The smallest absolute Gasteiger partial charge is 0.249 e. The Kier molecular flexibility index (Phi) is 8.49. The van der Waals surface area contributed by atoms with Crippen molar-refractivity contribution in [2.45, 2.75) is 44.2 Å². The summed E-state index contributed by atoms with van der Waals surface area (Å²) in [7, 11) is 1.46. The van der Waals surface area contributed by atoms with Gasteiger partial charge in [0.15, 0.2) is 11.5 Å². The van der Waals surface area contributed by atoms with Gasteiger partial charge in [-0.25, -0.2) is 0 Å². The lowest BCUT2D eigenvalue weighted by Gasteiger charge is -2.40. The first-order chi connectivity index (χ1) is 17.9. The highest BCUT2D eigenvalue weighted by atomic mass is 16.5. The van der Waals surface area contributed by atoms with Crippen LogP contribution in [0.1, 0.15) is 29.5 Å². The molecule has 0 bridgehead atoms. The number of aliphatic hydroxyl groups excluding tert-OH is 3. The molecular weight excluding hydrogens is 484 g/mol. The molecule has 1 aliphatic carbocycles. The van der Waals surface area contributed by atoms with Gasteiger partial charge in [-0.05, 0) is 36.8 Å². The number of aliphatic hydroxyl groups is 3. The molecule has 37 heavy (non-hydrogen) atoms. The van der Waals surface area contributed by atoms with Gasteiger partial charge in [-0.2, -0.15) is 0 Å². The monoisotopic (exact) mass is 516 g/mol. The highest BCUT2D eigenvalue weighted by molar-refractivity contribution is 5.96. The second-order valence-electron chi connectivity index (χ2n) is 8.81. The first-order valence-electron chi connectivity index (χ1n) is 12.1. The Morgan fingerprint density at radius 1 is 1.22 bits per heavy atom. The van der Waals surface area contributed by atoms with Crippen molar-refractivity contribution in [1.29, 1.82) is 0 Å². The van der Waals surface area contributed by atoms with Gasteiger partial charge in [-0.3, -0.25) is 9.59 Å². The number of amides is 2. The molecule has 1 aromatic heterocycles. The average Bonchev–Trinajstić information content (AvgIpc) is 3.57. The molecule has 4 atom stereocenters. The second kappa shape index (κ2) is 11.8. The fraction of sp³-hybridized carbons (Fsp3) is 0.462. The number of carbonyl (C=O) groups is 2. The molecule has 4 N–H and O–H groups in total. The summed E-state index contributed by atoms with van der Waals surface area (Å²) in [6, 6.07) is 4.12. The third kappa shape index (κ3) is 5.35. The number of fused-ring (bicyclic) bond motifs is 3. The number of methoxy groups -OCH3 is 1. The normalized spacial score (nSPS) is 21.9. The molecule has 4 unspecified atom stereocenters. The minimum absolute atomic E-state index is 0.0243. The zero-order chi connectivity index (χ0) is 26.5. The summed E-state index contributed by atoms with van der Waals surface area (Å²) >= 11 is 0. The van der Waals surface area contributed by atoms with Crippen molar-refractivity contribution in [2.24, 2.45) is 0 Å². The molecule has 1 aliphatic heterocycles. The number of nitrogens with one attached hydrogen (secondary N) is 1. The Bertz CT molecular complexity index is 1130. The number of carbonyl (C=O) groups excluding carboxylic acids is 2. The summed E-state index contributed by atoms with van der Waals surface area (Å²) in [5, 5.41) is 33.3. The Labute approximate surface area is 214 Å². The van der Waals surface area contributed by atoms with Crippen molar-refractivity contribution >= 4 is 11.8 Å². The number of furan rings is 1. The maximum absolute atomic E-state index is 13.3. The molecule has 200 valence electrons. The molecular formula is C26H32N2O9. The SMILES string of the molecule is CCOCC(=O)N(Cc1ccoc1)C1C=C(C(=O)NCCO)C2c3cc(CO)cc(OC)c3OC2C1O. The summed E-state index contributed by atoms with van der Waals surface area (Å²) in [6.07, 6.45) is 2.42. The quantitative estimate of drug-likeness (QED) is 0.334. The van der Waals surface area contributed by atoms with E-state index in [4.69, 9.17) is 18.6 Å². The van der Waals surface area contributed by atoms with Crippen LogP contribution in [0, 0.1) is 0 Å². The number of rotatable bonds is 11. The van der Waals surface area contributed by atoms with Gasteiger partial charge < -0.3 is 44.2 Å². The van der Waals surface area contributed by atoms with E-state index in [9.17, 15) is 24.9 Å². The van der Waals surface area contributed by atoms with Crippen LogP contribution < -0.4 is 14.8 Å². The highest BCUT2D eigenvalue weighted by Crippen LogP contribution is 2.51. The van der Waals surface area contributed by atoms with Crippen molar-refractivity contribution in [2.75, 3.05) is 33.5 Å². The number of hydrogen-bond donors (Lipinski definition) is 4. The first-order valence-corrected chi connectivity index (χ1v) is 12.1. The molecule has 2 heterocycles. The third-order valence-corrected chi connectivity index (χ3v) is 6.54. The standard InChI is InChI=1S/C26H32N2O9/c1-3-35-14-21(31)28(11-15-4-7-36-13-15)19-10-18(26(33)27-5-6-29)22-17-8-16(12-30)9-20(34-2)24(17)37-25(22)23(19)32/h4,7-10,13,19,22-23,25,29-30,32H,3,5-6,11-12,14H2,1-2H3,(H,27,33). The fourth-order valence-corrected chi connectivity index (χ4v) is 4.83. The Morgan fingerprint density at radius 2 is 2.03 bits per heavy atom. The van der Waals surface area contributed by atoms with Crippen molar-refractivity contribution in [3.63, 3.8) is 0 Å². The number of benzene rings is 1. The Hall–Kier alpha value is -3.38. The van der Waals surface area contributed by atoms with E-state index in [1.807, 2.05) is 0 Å². The van der Waals surface area contributed by atoms with E-state index in [1.54, 1.807) is 31.2 Å². The van der Waals surface area contributed by atoms with Gasteiger partial charge in [0.25, 0.3) is 0 Å². The molecule has 11 heteroatoms. The van der Waals surface area contributed by atoms with Crippen LogP contribution in [0.15, 0.2) is 46.8 Å². The van der Waals surface area contributed by atoms with Gasteiger partial charge in [0.1, 0.15) is 18.8 Å². The molecule has 2 amide bonds. The number of hydrogen-bond acceptors (Lipinski definition) is 9. The lowest BCUT2D eigenvalue weighted by molar-refractivity contribution is -0.142. The lowest BCUT2D eigenvalue weighted by atomic mass is 9.77.